The summed E-state index contributed by atoms with van der Waals surface area (Å²) < 4.78 is 11.1. The van der Waals surface area contributed by atoms with Gasteiger partial charge >= 0.3 is 0 Å². The Labute approximate surface area is 178 Å². The lowest BCUT2D eigenvalue weighted by Gasteiger charge is -2.21. The second kappa shape index (κ2) is 7.48. The van der Waals surface area contributed by atoms with Crippen molar-refractivity contribution in [1.29, 1.82) is 0 Å². The van der Waals surface area contributed by atoms with Crippen LogP contribution in [0.5, 0.6) is 11.5 Å². The number of anilines is 1. The Bertz CT molecular complexity index is 1060. The highest BCUT2D eigenvalue weighted by Crippen LogP contribution is 2.42. The smallest absolute Gasteiger partial charge is 0.269 e. The Kier molecular flexibility index (Phi) is 5.14. The minimum atomic E-state index is -0.943. The first-order chi connectivity index (χ1) is 13.7. The first-order valence-electron chi connectivity index (χ1n) is 9.30. The summed E-state index contributed by atoms with van der Waals surface area (Å²) in [6, 6.07) is 11.8. The summed E-state index contributed by atoms with van der Waals surface area (Å²) in [7, 11) is 1.56. The van der Waals surface area contributed by atoms with E-state index in [4.69, 9.17) is 9.47 Å². The van der Waals surface area contributed by atoms with Crippen molar-refractivity contribution in [2.24, 2.45) is 0 Å². The van der Waals surface area contributed by atoms with Gasteiger partial charge in [-0.1, -0.05) is 0 Å². The first kappa shape index (κ1) is 19.9. The number of thiophene rings is 2. The van der Waals surface area contributed by atoms with Crippen molar-refractivity contribution in [3.63, 3.8) is 0 Å². The molecule has 0 saturated carbocycles. The van der Waals surface area contributed by atoms with Crippen LogP contribution in [-0.4, -0.2) is 30.3 Å². The maximum absolute atomic E-state index is 13.0. The third-order valence-corrected chi connectivity index (χ3v) is 6.96. The molecule has 1 aliphatic heterocycles. The molecule has 7 heteroatoms. The minimum absolute atomic E-state index is 0.0109. The van der Waals surface area contributed by atoms with Crippen LogP contribution in [0, 0.1) is 6.92 Å². The molecule has 0 fully saturated rings. The highest BCUT2D eigenvalue weighted by molar-refractivity contribution is 7.23. The molecule has 1 aromatic carbocycles. The molecular formula is C22H23NO4S2. The first-order valence-corrected chi connectivity index (χ1v) is 10.9. The van der Waals surface area contributed by atoms with Crippen molar-refractivity contribution in [3.05, 3.63) is 51.7 Å². The summed E-state index contributed by atoms with van der Waals surface area (Å²) in [6.07, 6.45) is 0. The van der Waals surface area contributed by atoms with E-state index in [0.29, 0.717) is 18.0 Å². The Morgan fingerprint density at radius 3 is 2.52 bits per heavy atom. The molecule has 29 heavy (non-hydrogen) atoms. The van der Waals surface area contributed by atoms with Gasteiger partial charge < -0.3 is 19.5 Å². The number of aryl methyl sites for hydroxylation is 1. The Morgan fingerprint density at radius 2 is 1.90 bits per heavy atom. The third-order valence-electron chi connectivity index (χ3n) is 4.60. The number of methoxy groups -OCH3 is 1. The highest BCUT2D eigenvalue weighted by atomic mass is 32.1. The second-order valence-electron chi connectivity index (χ2n) is 7.70. The fourth-order valence-corrected chi connectivity index (χ4v) is 5.26. The molecule has 4 rings (SSSR count). The van der Waals surface area contributed by atoms with Crippen molar-refractivity contribution < 1.29 is 19.4 Å². The SMILES string of the molecule is COc1cc(N2Cc3cc(-c4ccc(C)s4)sc3C2=O)ccc1OCC(C)(C)O. The number of rotatable bonds is 6. The highest BCUT2D eigenvalue weighted by Gasteiger charge is 2.32. The van der Waals surface area contributed by atoms with Crippen LogP contribution in [-0.2, 0) is 6.54 Å². The van der Waals surface area contributed by atoms with Gasteiger partial charge in [0, 0.05) is 26.4 Å². The third kappa shape index (κ3) is 4.03. The van der Waals surface area contributed by atoms with Gasteiger partial charge in [0.15, 0.2) is 11.5 Å². The van der Waals surface area contributed by atoms with Crippen molar-refractivity contribution in [2.45, 2.75) is 32.9 Å². The predicted molar refractivity (Wildman–Crippen MR) is 118 cm³/mol. The molecule has 0 radical (unpaired) electrons. The number of carbonyl (C=O) groups is 1. The molecule has 0 unspecified atom stereocenters. The van der Waals surface area contributed by atoms with E-state index >= 15 is 0 Å². The number of ether oxygens (including phenoxy) is 2. The second-order valence-corrected chi connectivity index (χ2v) is 10.0. The summed E-state index contributed by atoms with van der Waals surface area (Å²) in [5, 5.41) is 9.87. The fourth-order valence-electron chi connectivity index (χ4n) is 3.19. The van der Waals surface area contributed by atoms with Crippen LogP contribution in [0.2, 0.25) is 0 Å². The number of carbonyl (C=O) groups excluding carboxylic acids is 1. The van der Waals surface area contributed by atoms with E-state index in [1.165, 1.54) is 9.75 Å². The van der Waals surface area contributed by atoms with Crippen molar-refractivity contribution in [1.82, 2.24) is 0 Å². The summed E-state index contributed by atoms with van der Waals surface area (Å²) >= 11 is 3.30. The van der Waals surface area contributed by atoms with E-state index in [1.807, 2.05) is 6.07 Å². The molecule has 1 N–H and O–H groups in total. The molecular weight excluding hydrogens is 406 g/mol. The Hall–Kier alpha value is -2.35. The van der Waals surface area contributed by atoms with Crippen LogP contribution in [0.4, 0.5) is 5.69 Å². The zero-order valence-corrected chi connectivity index (χ0v) is 18.4. The average Bonchev–Trinajstić information content (AvgIpc) is 3.35. The maximum Gasteiger partial charge on any atom is 0.269 e. The van der Waals surface area contributed by atoms with Gasteiger partial charge in [-0.3, -0.25) is 4.79 Å². The van der Waals surface area contributed by atoms with Crippen LogP contribution in [0.1, 0.15) is 34.0 Å². The summed E-state index contributed by atoms with van der Waals surface area (Å²) in [5.74, 6) is 1.08. The summed E-state index contributed by atoms with van der Waals surface area (Å²) in [5.41, 5.74) is 0.878. The molecule has 2 aromatic heterocycles. The molecule has 1 amide bonds. The minimum Gasteiger partial charge on any atom is -0.493 e. The van der Waals surface area contributed by atoms with Gasteiger partial charge in [-0.05, 0) is 56.7 Å². The number of amides is 1. The Balaban J connectivity index is 1.55. The zero-order valence-electron chi connectivity index (χ0n) is 16.8. The topological polar surface area (TPSA) is 59.0 Å². The zero-order chi connectivity index (χ0) is 20.8. The lowest BCUT2D eigenvalue weighted by atomic mass is 10.2. The molecule has 0 saturated heterocycles. The normalized spacial score (nSPS) is 13.7. The van der Waals surface area contributed by atoms with E-state index in [-0.39, 0.29) is 12.5 Å². The standard InChI is InChI=1S/C22H23NO4S2/c1-13-5-8-18(28-13)19-9-14-11-23(21(24)20(14)29-19)15-6-7-16(17(10-15)26-4)27-12-22(2,3)25/h5-10,25H,11-12H2,1-4H3. The number of fused-ring (bicyclic) bond motifs is 1. The molecule has 0 aliphatic carbocycles. The predicted octanol–water partition coefficient (Wildman–Crippen LogP) is 5.10. The van der Waals surface area contributed by atoms with Crippen LogP contribution < -0.4 is 14.4 Å². The average molecular weight is 430 g/mol. The van der Waals surface area contributed by atoms with Crippen LogP contribution in [0.25, 0.3) is 9.75 Å². The van der Waals surface area contributed by atoms with Crippen molar-refractivity contribution in [3.8, 4) is 21.3 Å². The monoisotopic (exact) mass is 429 g/mol. The Morgan fingerprint density at radius 1 is 1.10 bits per heavy atom. The molecule has 3 aromatic rings. The quantitative estimate of drug-likeness (QED) is 0.592. The molecule has 0 atom stereocenters. The molecule has 5 nitrogen and oxygen atoms in total. The number of nitrogens with zero attached hydrogens (tertiary/aromatic N) is 1. The molecule has 1 aliphatic rings. The molecule has 0 spiro atoms. The molecule has 3 heterocycles. The van der Waals surface area contributed by atoms with Gasteiger partial charge in [-0.15, -0.1) is 22.7 Å². The van der Waals surface area contributed by atoms with Gasteiger partial charge in [-0.25, -0.2) is 0 Å². The lowest BCUT2D eigenvalue weighted by molar-refractivity contribution is 0.0276. The van der Waals surface area contributed by atoms with Crippen LogP contribution in [0.15, 0.2) is 36.4 Å². The fraction of sp³-hybridized carbons (Fsp3) is 0.318. The van der Waals surface area contributed by atoms with Gasteiger partial charge in [0.25, 0.3) is 5.91 Å². The van der Waals surface area contributed by atoms with E-state index in [9.17, 15) is 9.90 Å². The van der Waals surface area contributed by atoms with E-state index in [0.717, 1.165) is 21.0 Å². The van der Waals surface area contributed by atoms with Gasteiger partial charge in [-0.2, -0.15) is 0 Å². The molecule has 0 bridgehead atoms. The number of hydrogen-bond donors (Lipinski definition) is 1. The lowest BCUT2D eigenvalue weighted by Crippen LogP contribution is -2.28. The van der Waals surface area contributed by atoms with E-state index < -0.39 is 5.60 Å². The van der Waals surface area contributed by atoms with Gasteiger partial charge in [0.2, 0.25) is 0 Å². The summed E-state index contributed by atoms with van der Waals surface area (Å²) in [4.78, 5) is 19.2. The number of hydrogen-bond acceptors (Lipinski definition) is 6. The van der Waals surface area contributed by atoms with Crippen molar-refractivity contribution in [2.75, 3.05) is 18.6 Å². The van der Waals surface area contributed by atoms with Crippen LogP contribution >= 0.6 is 22.7 Å². The van der Waals surface area contributed by atoms with Crippen LogP contribution in [0.3, 0.4) is 0 Å². The number of benzene rings is 1. The number of aliphatic hydroxyl groups is 1. The van der Waals surface area contributed by atoms with E-state index in [1.54, 1.807) is 60.7 Å². The van der Waals surface area contributed by atoms with Crippen molar-refractivity contribution >= 4 is 34.3 Å². The largest absolute Gasteiger partial charge is 0.493 e. The maximum atomic E-state index is 13.0. The van der Waals surface area contributed by atoms with Gasteiger partial charge in [0.1, 0.15) is 6.61 Å². The summed E-state index contributed by atoms with van der Waals surface area (Å²) in [6.45, 7) is 6.14. The molecule has 152 valence electrons. The van der Waals surface area contributed by atoms with Gasteiger partial charge in [0.05, 0.1) is 24.1 Å². The van der Waals surface area contributed by atoms with E-state index in [2.05, 4.69) is 25.1 Å².